The predicted molar refractivity (Wildman–Crippen MR) is 61.3 cm³/mol. The van der Waals surface area contributed by atoms with Crippen LogP contribution in [0, 0.1) is 0 Å². The van der Waals surface area contributed by atoms with E-state index >= 15 is 0 Å². The van der Waals surface area contributed by atoms with Crippen LogP contribution in [0.5, 0.6) is 0 Å². The van der Waals surface area contributed by atoms with Gasteiger partial charge in [-0.1, -0.05) is 0 Å². The fourth-order valence-corrected chi connectivity index (χ4v) is 1.66. The third-order valence-corrected chi connectivity index (χ3v) is 2.67. The highest BCUT2D eigenvalue weighted by Gasteiger charge is 2.10. The van der Waals surface area contributed by atoms with Gasteiger partial charge in [-0.15, -0.1) is 0 Å². The Morgan fingerprint density at radius 3 is 2.87 bits per heavy atom. The van der Waals surface area contributed by atoms with E-state index in [4.69, 9.17) is 5.11 Å². The highest BCUT2D eigenvalue weighted by atomic mass is 35.5. The molecule has 0 bridgehead atoms. The van der Waals surface area contributed by atoms with Gasteiger partial charge in [0.05, 0.1) is 17.6 Å². The largest absolute Gasteiger partial charge is 1.00 e. The monoisotopic (exact) mass is 245 g/mol. The number of thioether (sulfide) groups is 1. The first-order valence-electron chi connectivity index (χ1n) is 4.58. The summed E-state index contributed by atoms with van der Waals surface area (Å²) in [6, 6.07) is 6.01. The third kappa shape index (κ3) is 4.14. The van der Waals surface area contributed by atoms with Gasteiger partial charge in [0.25, 0.3) is 0 Å². The Morgan fingerprint density at radius 2 is 2.27 bits per heavy atom. The molecule has 0 aromatic carbocycles. The molecule has 0 saturated heterocycles. The summed E-state index contributed by atoms with van der Waals surface area (Å²) >= 11 is 1.82. The van der Waals surface area contributed by atoms with E-state index in [9.17, 15) is 0 Å². The van der Waals surface area contributed by atoms with Gasteiger partial charge in [-0.25, -0.2) is 0 Å². The van der Waals surface area contributed by atoms with E-state index in [0.717, 1.165) is 29.8 Å². The molecule has 1 aromatic rings. The van der Waals surface area contributed by atoms with Gasteiger partial charge in [0.1, 0.15) is 0 Å². The molecule has 0 radical (unpaired) electrons. The zero-order valence-corrected chi connectivity index (χ0v) is 10.6. The van der Waals surface area contributed by atoms with Crippen molar-refractivity contribution in [2.75, 3.05) is 12.0 Å². The van der Waals surface area contributed by atoms with E-state index in [1.807, 2.05) is 43.1 Å². The molecule has 0 spiro atoms. The Bertz CT molecular complexity index is 328. The van der Waals surface area contributed by atoms with Crippen molar-refractivity contribution >= 4 is 17.3 Å². The molecule has 1 rings (SSSR count). The van der Waals surface area contributed by atoms with Gasteiger partial charge in [0, 0.05) is 12.1 Å². The number of pyridine rings is 1. The maximum Gasteiger partial charge on any atom is 0.211 e. The molecular formula is C11H16ClNOS. The molecule has 0 fully saturated rings. The number of rotatable bonds is 4. The molecule has 4 heteroatoms. The van der Waals surface area contributed by atoms with E-state index in [0.29, 0.717) is 0 Å². The molecule has 84 valence electrons. The average molecular weight is 246 g/mol. The quantitative estimate of drug-likeness (QED) is 0.558. The van der Waals surface area contributed by atoms with Gasteiger partial charge in [-0.3, -0.25) is 0 Å². The summed E-state index contributed by atoms with van der Waals surface area (Å²) in [5.74, 6) is 1.08. The fraction of sp³-hybridized carbons (Fsp3) is 0.364. The zero-order valence-electron chi connectivity index (χ0n) is 8.98. The van der Waals surface area contributed by atoms with Gasteiger partial charge in [0.15, 0.2) is 12.7 Å². The zero-order chi connectivity index (χ0) is 10.4. The first kappa shape index (κ1) is 14.3. The minimum absolute atomic E-state index is 0. The van der Waals surface area contributed by atoms with Crippen molar-refractivity contribution in [2.45, 2.75) is 13.5 Å². The average Bonchev–Trinajstić information content (AvgIpc) is 2.25. The summed E-state index contributed by atoms with van der Waals surface area (Å²) in [7, 11) is 0. The molecule has 0 saturated carbocycles. The first-order chi connectivity index (χ1) is 6.79. The van der Waals surface area contributed by atoms with E-state index in [-0.39, 0.29) is 12.4 Å². The van der Waals surface area contributed by atoms with Crippen LogP contribution in [0.4, 0.5) is 0 Å². The van der Waals surface area contributed by atoms with Gasteiger partial charge in [0.2, 0.25) is 5.69 Å². The second-order valence-corrected chi connectivity index (χ2v) is 4.07. The highest BCUT2D eigenvalue weighted by molar-refractivity contribution is 7.98. The van der Waals surface area contributed by atoms with Gasteiger partial charge < -0.3 is 17.5 Å². The number of aromatic nitrogens is 1. The standard InChI is InChI=1S/C11H15NOS.ClH/c1-10(9-13)11-5-3-4-6-12(11)7-8-14-2;/h3-6,9H,7-8H2,1-2H3;1H. The topological polar surface area (TPSA) is 24.1 Å². The summed E-state index contributed by atoms with van der Waals surface area (Å²) in [6.07, 6.45) is 5.29. The summed E-state index contributed by atoms with van der Waals surface area (Å²) in [4.78, 5) is 0. The number of aliphatic hydroxyl groups excluding tert-OH is 1. The lowest BCUT2D eigenvalue weighted by Gasteiger charge is -2.01. The van der Waals surface area contributed by atoms with Crippen LogP contribution >= 0.6 is 11.8 Å². The molecule has 1 N–H and O–H groups in total. The van der Waals surface area contributed by atoms with Gasteiger partial charge >= 0.3 is 0 Å². The molecule has 1 heterocycles. The summed E-state index contributed by atoms with van der Waals surface area (Å²) in [5.41, 5.74) is 1.97. The Labute approximate surface area is 101 Å². The van der Waals surface area contributed by atoms with E-state index in [1.54, 1.807) is 0 Å². The number of halogens is 1. The first-order valence-corrected chi connectivity index (χ1v) is 5.97. The fourth-order valence-electron chi connectivity index (χ4n) is 1.29. The van der Waals surface area contributed by atoms with Crippen LogP contribution in [-0.2, 0) is 6.54 Å². The van der Waals surface area contributed by atoms with Crippen LogP contribution in [0.3, 0.4) is 0 Å². The lowest BCUT2D eigenvalue weighted by atomic mass is 10.2. The Morgan fingerprint density at radius 1 is 1.53 bits per heavy atom. The minimum atomic E-state index is 0. The van der Waals surface area contributed by atoms with Crippen molar-refractivity contribution < 1.29 is 22.1 Å². The highest BCUT2D eigenvalue weighted by Crippen LogP contribution is 2.07. The molecule has 0 aliphatic carbocycles. The van der Waals surface area contributed by atoms with E-state index in [2.05, 4.69) is 10.8 Å². The van der Waals surface area contributed by atoms with Crippen molar-refractivity contribution in [2.24, 2.45) is 0 Å². The van der Waals surface area contributed by atoms with Crippen molar-refractivity contribution in [3.63, 3.8) is 0 Å². The van der Waals surface area contributed by atoms with Crippen molar-refractivity contribution in [3.05, 3.63) is 36.4 Å². The van der Waals surface area contributed by atoms with Crippen molar-refractivity contribution in [3.8, 4) is 0 Å². The summed E-state index contributed by atoms with van der Waals surface area (Å²) in [6.45, 7) is 2.88. The van der Waals surface area contributed by atoms with Crippen LogP contribution in [0.15, 0.2) is 30.7 Å². The molecule has 1 aromatic heterocycles. The van der Waals surface area contributed by atoms with Crippen molar-refractivity contribution in [1.29, 1.82) is 0 Å². The van der Waals surface area contributed by atoms with Crippen molar-refractivity contribution in [1.82, 2.24) is 0 Å². The molecule has 0 aliphatic heterocycles. The maximum atomic E-state index is 8.96. The number of aliphatic hydroxyl groups is 1. The number of hydrogen-bond acceptors (Lipinski definition) is 2. The number of nitrogens with zero attached hydrogens (tertiary/aromatic N) is 1. The third-order valence-electron chi connectivity index (χ3n) is 2.07. The molecule has 0 atom stereocenters. The molecular weight excluding hydrogens is 230 g/mol. The van der Waals surface area contributed by atoms with Crippen LogP contribution in [-0.4, -0.2) is 17.1 Å². The lowest BCUT2D eigenvalue weighted by Crippen LogP contribution is -3.00. The summed E-state index contributed by atoms with van der Waals surface area (Å²) < 4.78 is 2.15. The predicted octanol–water partition coefficient (Wildman–Crippen LogP) is -0.740. The normalized spacial score (nSPS) is 10.9. The van der Waals surface area contributed by atoms with E-state index < -0.39 is 0 Å². The van der Waals surface area contributed by atoms with Crippen LogP contribution in [0.2, 0.25) is 0 Å². The molecule has 0 unspecified atom stereocenters. The lowest BCUT2D eigenvalue weighted by molar-refractivity contribution is -0.694. The molecule has 0 aliphatic rings. The SMILES string of the molecule is CSCC[n+]1ccccc1/C(C)=C/O.[Cl-]. The Hall–Kier alpha value is -0.670. The smallest absolute Gasteiger partial charge is 0.211 e. The van der Waals surface area contributed by atoms with Gasteiger partial charge in [-0.2, -0.15) is 16.3 Å². The molecule has 2 nitrogen and oxygen atoms in total. The summed E-state index contributed by atoms with van der Waals surface area (Å²) in [5, 5.41) is 8.96. The Balaban J connectivity index is 0.00000196. The number of aryl methyl sites for hydroxylation is 1. The van der Waals surface area contributed by atoms with Crippen LogP contribution in [0.1, 0.15) is 12.6 Å². The minimum Gasteiger partial charge on any atom is -1.00 e. The maximum absolute atomic E-state index is 8.96. The van der Waals surface area contributed by atoms with Crippen LogP contribution < -0.4 is 17.0 Å². The number of hydrogen-bond donors (Lipinski definition) is 1. The second kappa shape index (κ2) is 7.60. The van der Waals surface area contributed by atoms with Crippen LogP contribution in [0.25, 0.3) is 5.57 Å². The second-order valence-electron chi connectivity index (χ2n) is 3.08. The van der Waals surface area contributed by atoms with Gasteiger partial charge in [-0.05, 0) is 19.2 Å². The number of allylic oxidation sites excluding steroid dienone is 1. The molecule has 15 heavy (non-hydrogen) atoms. The Kier molecular flexibility index (Phi) is 7.26. The van der Waals surface area contributed by atoms with E-state index in [1.165, 1.54) is 0 Å². The molecule has 0 amide bonds.